The van der Waals surface area contributed by atoms with Crippen molar-refractivity contribution in [1.29, 1.82) is 0 Å². The molecule has 0 fully saturated rings. The average Bonchev–Trinajstić information content (AvgIpc) is 2.57. The molecule has 0 aliphatic heterocycles. The molecule has 0 spiro atoms. The molecule has 0 amide bonds. The summed E-state index contributed by atoms with van der Waals surface area (Å²) in [4.78, 5) is 9.07. The molecule has 0 unspecified atom stereocenters. The third kappa shape index (κ3) is 4.93. The number of para-hydroxylation sites is 1. The fourth-order valence-electron chi connectivity index (χ4n) is 2.17. The summed E-state index contributed by atoms with van der Waals surface area (Å²) in [5.74, 6) is 0.790. The molecule has 124 valence electrons. The summed E-state index contributed by atoms with van der Waals surface area (Å²) < 4.78 is 5.43. The van der Waals surface area contributed by atoms with Crippen LogP contribution < -0.4 is 10.6 Å². The standard InChI is InChI=1S/C18H26N4O/c1-5-19-17(22-13-18(2,3)23-4)21-12-14-10-11-20-16-9-7-6-8-15(14)16/h6-11H,5,12-13H2,1-4H3,(H2,19,21,22). The highest BCUT2D eigenvalue weighted by molar-refractivity contribution is 5.83. The van der Waals surface area contributed by atoms with Crippen molar-refractivity contribution in [3.63, 3.8) is 0 Å². The molecule has 0 bridgehead atoms. The fraction of sp³-hybridized carbons (Fsp3) is 0.444. The number of fused-ring (bicyclic) bond motifs is 1. The topological polar surface area (TPSA) is 58.5 Å². The van der Waals surface area contributed by atoms with E-state index in [0.29, 0.717) is 13.1 Å². The first kappa shape index (κ1) is 17.2. The van der Waals surface area contributed by atoms with Gasteiger partial charge in [-0.15, -0.1) is 0 Å². The third-order valence-corrected chi connectivity index (χ3v) is 3.73. The van der Waals surface area contributed by atoms with Crippen LogP contribution in [0.25, 0.3) is 10.9 Å². The van der Waals surface area contributed by atoms with Crippen molar-refractivity contribution >= 4 is 16.9 Å². The normalized spacial score (nSPS) is 12.4. The number of methoxy groups -OCH3 is 1. The summed E-state index contributed by atoms with van der Waals surface area (Å²) in [6.45, 7) is 8.24. The lowest BCUT2D eigenvalue weighted by molar-refractivity contribution is 0.0268. The quantitative estimate of drug-likeness (QED) is 0.636. The van der Waals surface area contributed by atoms with Crippen LogP contribution in [0.5, 0.6) is 0 Å². The minimum Gasteiger partial charge on any atom is -0.377 e. The summed E-state index contributed by atoms with van der Waals surface area (Å²) >= 11 is 0. The van der Waals surface area contributed by atoms with Crippen LogP contribution in [-0.4, -0.2) is 36.7 Å². The fourth-order valence-corrected chi connectivity index (χ4v) is 2.17. The third-order valence-electron chi connectivity index (χ3n) is 3.73. The molecule has 2 aromatic rings. The number of pyridine rings is 1. The van der Waals surface area contributed by atoms with Gasteiger partial charge in [0.1, 0.15) is 0 Å². The second-order valence-electron chi connectivity index (χ2n) is 6.00. The van der Waals surface area contributed by atoms with Gasteiger partial charge in [0.2, 0.25) is 0 Å². The number of nitrogens with one attached hydrogen (secondary N) is 2. The number of hydrogen-bond acceptors (Lipinski definition) is 3. The van der Waals surface area contributed by atoms with Gasteiger partial charge in [0.05, 0.1) is 17.7 Å². The highest BCUT2D eigenvalue weighted by atomic mass is 16.5. The smallest absolute Gasteiger partial charge is 0.191 e. The van der Waals surface area contributed by atoms with Crippen molar-refractivity contribution in [2.75, 3.05) is 20.2 Å². The van der Waals surface area contributed by atoms with Gasteiger partial charge in [0, 0.05) is 31.8 Å². The van der Waals surface area contributed by atoms with Crippen molar-refractivity contribution < 1.29 is 4.74 Å². The van der Waals surface area contributed by atoms with Crippen molar-refractivity contribution in [2.24, 2.45) is 4.99 Å². The second-order valence-corrected chi connectivity index (χ2v) is 6.00. The van der Waals surface area contributed by atoms with E-state index >= 15 is 0 Å². The molecule has 0 aliphatic carbocycles. The van der Waals surface area contributed by atoms with Crippen molar-refractivity contribution in [3.8, 4) is 0 Å². The zero-order valence-corrected chi connectivity index (χ0v) is 14.4. The van der Waals surface area contributed by atoms with Crippen molar-refractivity contribution in [3.05, 3.63) is 42.1 Å². The Hall–Kier alpha value is -2.14. The lowest BCUT2D eigenvalue weighted by Crippen LogP contribution is -2.45. The van der Waals surface area contributed by atoms with E-state index in [9.17, 15) is 0 Å². The molecular weight excluding hydrogens is 288 g/mol. The van der Waals surface area contributed by atoms with Crippen molar-refractivity contribution in [1.82, 2.24) is 15.6 Å². The molecule has 0 saturated heterocycles. The lowest BCUT2D eigenvalue weighted by atomic mass is 10.1. The Morgan fingerprint density at radius 3 is 2.74 bits per heavy atom. The van der Waals surface area contributed by atoms with E-state index in [4.69, 9.17) is 4.74 Å². The summed E-state index contributed by atoms with van der Waals surface area (Å²) in [6.07, 6.45) is 1.83. The van der Waals surface area contributed by atoms with Crippen LogP contribution in [-0.2, 0) is 11.3 Å². The van der Waals surface area contributed by atoms with E-state index in [1.165, 1.54) is 5.56 Å². The van der Waals surface area contributed by atoms with Crippen LogP contribution in [0.4, 0.5) is 0 Å². The van der Waals surface area contributed by atoms with Crippen LogP contribution in [0, 0.1) is 0 Å². The van der Waals surface area contributed by atoms with Crippen molar-refractivity contribution in [2.45, 2.75) is 32.9 Å². The molecule has 1 aromatic carbocycles. The molecule has 1 heterocycles. The summed E-state index contributed by atoms with van der Waals surface area (Å²) in [5.41, 5.74) is 1.93. The van der Waals surface area contributed by atoms with Gasteiger partial charge in [-0.05, 0) is 38.5 Å². The Morgan fingerprint density at radius 1 is 1.22 bits per heavy atom. The average molecular weight is 314 g/mol. The van der Waals surface area contributed by atoms with E-state index in [-0.39, 0.29) is 5.60 Å². The van der Waals surface area contributed by atoms with Crippen LogP contribution in [0.3, 0.4) is 0 Å². The van der Waals surface area contributed by atoms with Crippen LogP contribution >= 0.6 is 0 Å². The lowest BCUT2D eigenvalue weighted by Gasteiger charge is -2.24. The highest BCUT2D eigenvalue weighted by Gasteiger charge is 2.16. The largest absolute Gasteiger partial charge is 0.377 e. The first-order chi connectivity index (χ1) is 11.1. The van der Waals surface area contributed by atoms with E-state index in [1.807, 2.05) is 44.3 Å². The van der Waals surface area contributed by atoms with Gasteiger partial charge in [-0.1, -0.05) is 18.2 Å². The van der Waals surface area contributed by atoms with E-state index in [1.54, 1.807) is 7.11 Å². The van der Waals surface area contributed by atoms with E-state index < -0.39 is 0 Å². The number of ether oxygens (including phenoxy) is 1. The predicted octanol–water partition coefficient (Wildman–Crippen LogP) is 2.71. The van der Waals surface area contributed by atoms with Gasteiger partial charge in [0.25, 0.3) is 0 Å². The minimum absolute atomic E-state index is 0.237. The van der Waals surface area contributed by atoms with Crippen LogP contribution in [0.15, 0.2) is 41.5 Å². The minimum atomic E-state index is -0.237. The molecule has 2 N–H and O–H groups in total. The maximum Gasteiger partial charge on any atom is 0.191 e. The molecule has 1 aromatic heterocycles. The molecule has 0 radical (unpaired) electrons. The molecule has 0 saturated carbocycles. The van der Waals surface area contributed by atoms with Gasteiger partial charge < -0.3 is 15.4 Å². The first-order valence-corrected chi connectivity index (χ1v) is 7.95. The molecule has 2 rings (SSSR count). The summed E-state index contributed by atoms with van der Waals surface area (Å²) in [7, 11) is 1.72. The number of guanidine groups is 1. The molecule has 5 heteroatoms. The maximum atomic E-state index is 5.43. The van der Waals surface area contributed by atoms with Gasteiger partial charge in [-0.2, -0.15) is 0 Å². The predicted molar refractivity (Wildman–Crippen MR) is 95.6 cm³/mol. The molecule has 0 aliphatic rings. The number of benzene rings is 1. The zero-order chi connectivity index (χ0) is 16.7. The SMILES string of the molecule is CCNC(=NCc1ccnc2ccccc12)NCC(C)(C)OC. The van der Waals surface area contributed by atoms with E-state index in [0.717, 1.165) is 23.4 Å². The van der Waals surface area contributed by atoms with Crippen LogP contribution in [0.1, 0.15) is 26.3 Å². The van der Waals surface area contributed by atoms with Gasteiger partial charge in [-0.3, -0.25) is 4.98 Å². The Balaban J connectivity index is 2.13. The summed E-state index contributed by atoms with van der Waals surface area (Å²) in [5, 5.41) is 7.74. The zero-order valence-electron chi connectivity index (χ0n) is 14.4. The van der Waals surface area contributed by atoms with Gasteiger partial charge >= 0.3 is 0 Å². The Morgan fingerprint density at radius 2 is 2.00 bits per heavy atom. The molecule has 0 atom stereocenters. The number of hydrogen-bond donors (Lipinski definition) is 2. The van der Waals surface area contributed by atoms with Crippen LogP contribution in [0.2, 0.25) is 0 Å². The number of aromatic nitrogens is 1. The molecular formula is C18H26N4O. The first-order valence-electron chi connectivity index (χ1n) is 7.95. The monoisotopic (exact) mass is 314 g/mol. The maximum absolute atomic E-state index is 5.43. The number of rotatable bonds is 6. The molecule has 23 heavy (non-hydrogen) atoms. The summed E-state index contributed by atoms with van der Waals surface area (Å²) in [6, 6.07) is 10.2. The van der Waals surface area contributed by atoms with Gasteiger partial charge in [-0.25, -0.2) is 4.99 Å². The van der Waals surface area contributed by atoms with Gasteiger partial charge in [0.15, 0.2) is 5.96 Å². The second kappa shape index (κ2) is 7.92. The highest BCUT2D eigenvalue weighted by Crippen LogP contribution is 2.16. The Bertz CT molecular complexity index is 662. The Labute approximate surface area is 138 Å². The number of aliphatic imine (C=N–C) groups is 1. The number of nitrogens with zero attached hydrogens (tertiary/aromatic N) is 2. The van der Waals surface area contributed by atoms with E-state index in [2.05, 4.69) is 33.6 Å². The Kier molecular flexibility index (Phi) is 5.93. The molecule has 5 nitrogen and oxygen atoms in total.